The molecule has 2 rings (SSSR count). The summed E-state index contributed by atoms with van der Waals surface area (Å²) in [4.78, 5) is 16.6. The van der Waals surface area contributed by atoms with E-state index in [1.165, 1.54) is 4.88 Å². The molecule has 1 heterocycles. The van der Waals surface area contributed by atoms with E-state index in [2.05, 4.69) is 4.72 Å². The summed E-state index contributed by atoms with van der Waals surface area (Å²) in [7, 11) is -3.37. The van der Waals surface area contributed by atoms with Gasteiger partial charge in [-0.1, -0.05) is 0 Å². The van der Waals surface area contributed by atoms with E-state index >= 15 is 0 Å². The first-order valence-electron chi connectivity index (χ1n) is 6.59. The Bertz CT molecular complexity index is 591. The van der Waals surface area contributed by atoms with Gasteiger partial charge in [-0.2, -0.15) is 0 Å². The molecule has 1 aromatic heterocycles. The second kappa shape index (κ2) is 5.83. The summed E-state index contributed by atoms with van der Waals surface area (Å²) in [6.07, 6.45) is 3.07. The van der Waals surface area contributed by atoms with Crippen molar-refractivity contribution in [2.75, 3.05) is 6.26 Å². The van der Waals surface area contributed by atoms with Crippen LogP contribution in [0, 0.1) is 6.92 Å². The molecule has 1 fully saturated rings. The summed E-state index contributed by atoms with van der Waals surface area (Å²) in [6.45, 7) is 4.20. The van der Waals surface area contributed by atoms with E-state index in [4.69, 9.17) is 0 Å². The Balaban J connectivity index is 2.06. The fraction of sp³-hybridized carbons (Fsp3) is 0.615. The van der Waals surface area contributed by atoms with Crippen molar-refractivity contribution in [3.63, 3.8) is 0 Å². The van der Waals surface area contributed by atoms with Gasteiger partial charge in [0.15, 0.2) is 0 Å². The number of nitrogens with one attached hydrogen (secondary N) is 1. The molecule has 1 N–H and O–H groups in total. The van der Waals surface area contributed by atoms with Crippen molar-refractivity contribution >= 4 is 27.3 Å². The molecule has 0 radical (unpaired) electrons. The smallest absolute Gasteiger partial charge is 0.241 e. The number of carbonyl (C=O) groups excluding carboxylic acids is 1. The van der Waals surface area contributed by atoms with Gasteiger partial charge in [-0.25, -0.2) is 13.1 Å². The van der Waals surface area contributed by atoms with Gasteiger partial charge in [0.25, 0.3) is 0 Å². The van der Waals surface area contributed by atoms with E-state index < -0.39 is 16.1 Å². The standard InChI is InChI=1S/C13H20N2O3S2/c1-9-4-7-12(19-9)8-15(11-5-6-11)13(16)10(2)14-20(3,17)18/h4,7,10-11,14H,5-6,8H2,1-3H3/t10-/m1/s1. The lowest BCUT2D eigenvalue weighted by atomic mass is 10.3. The minimum atomic E-state index is -3.37. The summed E-state index contributed by atoms with van der Waals surface area (Å²) in [5.41, 5.74) is 0. The molecule has 0 saturated heterocycles. The van der Waals surface area contributed by atoms with Gasteiger partial charge in [-0.15, -0.1) is 11.3 Å². The highest BCUT2D eigenvalue weighted by atomic mass is 32.2. The molecule has 1 amide bonds. The molecular weight excluding hydrogens is 296 g/mol. The van der Waals surface area contributed by atoms with E-state index in [0.717, 1.165) is 24.0 Å². The van der Waals surface area contributed by atoms with Crippen LogP contribution in [0.25, 0.3) is 0 Å². The summed E-state index contributed by atoms with van der Waals surface area (Å²) in [5, 5.41) is 0. The molecule has 1 aliphatic rings. The van der Waals surface area contributed by atoms with E-state index in [1.54, 1.807) is 23.2 Å². The van der Waals surface area contributed by atoms with Crippen molar-refractivity contribution in [3.8, 4) is 0 Å². The summed E-state index contributed by atoms with van der Waals surface area (Å²) < 4.78 is 24.8. The van der Waals surface area contributed by atoms with Crippen LogP contribution in [-0.4, -0.2) is 37.6 Å². The highest BCUT2D eigenvalue weighted by Gasteiger charge is 2.35. The fourth-order valence-electron chi connectivity index (χ4n) is 2.13. The van der Waals surface area contributed by atoms with Gasteiger partial charge >= 0.3 is 0 Å². The summed E-state index contributed by atoms with van der Waals surface area (Å²) >= 11 is 1.67. The average Bonchev–Trinajstić information content (AvgIpc) is 3.07. The zero-order valence-electron chi connectivity index (χ0n) is 11.9. The highest BCUT2D eigenvalue weighted by molar-refractivity contribution is 7.88. The Kier molecular flexibility index (Phi) is 4.51. The monoisotopic (exact) mass is 316 g/mol. The van der Waals surface area contributed by atoms with Crippen LogP contribution in [0.3, 0.4) is 0 Å². The Hall–Kier alpha value is -0.920. The first-order chi connectivity index (χ1) is 9.26. The van der Waals surface area contributed by atoms with Gasteiger partial charge in [0, 0.05) is 15.8 Å². The number of amides is 1. The van der Waals surface area contributed by atoms with E-state index in [-0.39, 0.29) is 11.9 Å². The molecule has 112 valence electrons. The number of rotatable bonds is 6. The molecule has 7 heteroatoms. The SMILES string of the molecule is Cc1ccc(CN(C(=O)[C@@H](C)NS(C)(=O)=O)C2CC2)s1. The summed E-state index contributed by atoms with van der Waals surface area (Å²) in [6, 6.07) is 3.60. The van der Waals surface area contributed by atoms with Crippen LogP contribution in [0.15, 0.2) is 12.1 Å². The van der Waals surface area contributed by atoms with Crippen LogP contribution < -0.4 is 4.72 Å². The number of thiophene rings is 1. The Morgan fingerprint density at radius 1 is 1.50 bits per heavy atom. The lowest BCUT2D eigenvalue weighted by molar-refractivity contribution is -0.133. The Morgan fingerprint density at radius 2 is 2.15 bits per heavy atom. The lowest BCUT2D eigenvalue weighted by Gasteiger charge is -2.25. The Morgan fingerprint density at radius 3 is 2.60 bits per heavy atom. The normalized spacial score (nSPS) is 16.9. The van der Waals surface area contributed by atoms with Crippen LogP contribution in [0.1, 0.15) is 29.5 Å². The van der Waals surface area contributed by atoms with Crippen molar-refractivity contribution < 1.29 is 13.2 Å². The molecule has 20 heavy (non-hydrogen) atoms. The molecule has 1 atom stereocenters. The third-order valence-corrected chi connectivity index (χ3v) is 4.92. The molecular formula is C13H20N2O3S2. The lowest BCUT2D eigenvalue weighted by Crippen LogP contribution is -2.47. The van der Waals surface area contributed by atoms with Gasteiger partial charge in [0.05, 0.1) is 18.8 Å². The van der Waals surface area contributed by atoms with Crippen LogP contribution in [0.5, 0.6) is 0 Å². The molecule has 0 spiro atoms. The van der Waals surface area contributed by atoms with Crippen molar-refractivity contribution in [2.45, 2.75) is 45.3 Å². The molecule has 0 bridgehead atoms. The maximum atomic E-state index is 12.4. The van der Waals surface area contributed by atoms with Gasteiger partial charge in [-0.05, 0) is 38.8 Å². The van der Waals surface area contributed by atoms with Crippen molar-refractivity contribution in [1.29, 1.82) is 0 Å². The molecule has 5 nitrogen and oxygen atoms in total. The van der Waals surface area contributed by atoms with Crippen LogP contribution in [0.4, 0.5) is 0 Å². The Labute approximate surface area is 124 Å². The molecule has 0 aliphatic heterocycles. The van der Waals surface area contributed by atoms with Gasteiger partial charge in [0.1, 0.15) is 0 Å². The quantitative estimate of drug-likeness (QED) is 0.864. The molecule has 1 aromatic rings. The minimum absolute atomic E-state index is 0.149. The van der Waals surface area contributed by atoms with E-state index in [1.807, 2.05) is 19.1 Å². The van der Waals surface area contributed by atoms with E-state index in [0.29, 0.717) is 6.54 Å². The van der Waals surface area contributed by atoms with Gasteiger partial charge in [0.2, 0.25) is 15.9 Å². The predicted octanol–water partition coefficient (Wildman–Crippen LogP) is 1.49. The third kappa shape index (κ3) is 4.29. The number of hydrogen-bond donors (Lipinski definition) is 1. The molecule has 1 aliphatic carbocycles. The minimum Gasteiger partial charge on any atom is -0.333 e. The first-order valence-corrected chi connectivity index (χ1v) is 9.30. The zero-order chi connectivity index (χ0) is 14.9. The molecule has 1 saturated carbocycles. The zero-order valence-corrected chi connectivity index (χ0v) is 13.6. The van der Waals surface area contributed by atoms with Gasteiger partial charge in [-0.3, -0.25) is 4.79 Å². The maximum Gasteiger partial charge on any atom is 0.241 e. The molecule has 0 aromatic carbocycles. The second-order valence-corrected chi connectivity index (χ2v) is 8.47. The van der Waals surface area contributed by atoms with Crippen molar-refractivity contribution in [1.82, 2.24) is 9.62 Å². The van der Waals surface area contributed by atoms with Crippen LogP contribution >= 0.6 is 11.3 Å². The van der Waals surface area contributed by atoms with Crippen LogP contribution in [-0.2, 0) is 21.4 Å². The molecule has 0 unspecified atom stereocenters. The number of hydrogen-bond acceptors (Lipinski definition) is 4. The number of aryl methyl sites for hydroxylation is 1. The number of nitrogens with zero attached hydrogens (tertiary/aromatic N) is 1. The van der Waals surface area contributed by atoms with Crippen molar-refractivity contribution in [2.24, 2.45) is 0 Å². The topological polar surface area (TPSA) is 66.5 Å². The third-order valence-electron chi connectivity index (χ3n) is 3.15. The predicted molar refractivity (Wildman–Crippen MR) is 80.1 cm³/mol. The van der Waals surface area contributed by atoms with Crippen molar-refractivity contribution in [3.05, 3.63) is 21.9 Å². The number of sulfonamides is 1. The summed E-state index contributed by atoms with van der Waals surface area (Å²) in [5.74, 6) is -0.149. The largest absolute Gasteiger partial charge is 0.333 e. The fourth-order valence-corrected chi connectivity index (χ4v) is 3.76. The van der Waals surface area contributed by atoms with Crippen LogP contribution in [0.2, 0.25) is 0 Å². The number of carbonyl (C=O) groups is 1. The average molecular weight is 316 g/mol. The second-order valence-electron chi connectivity index (χ2n) is 5.32. The maximum absolute atomic E-state index is 12.4. The first kappa shape index (κ1) is 15.5. The highest BCUT2D eigenvalue weighted by Crippen LogP contribution is 2.30. The van der Waals surface area contributed by atoms with E-state index in [9.17, 15) is 13.2 Å². The van der Waals surface area contributed by atoms with Gasteiger partial charge < -0.3 is 4.90 Å².